The van der Waals surface area contributed by atoms with Crippen molar-refractivity contribution in [3.63, 3.8) is 0 Å². The Morgan fingerprint density at radius 3 is 2.43 bits per heavy atom. The highest BCUT2D eigenvalue weighted by Gasteiger charge is 2.23. The lowest BCUT2D eigenvalue weighted by Crippen LogP contribution is -2.43. The standard InChI is InChI=1S/C9H10N2O3/c10-11(8(6-12)9(13)14)7-4-2-1-3-5-7/h1-5,8,12H,6H2,(H,13,14)/t8-/m0/s1. The maximum Gasteiger partial charge on any atom is 0.330 e. The van der Waals surface area contributed by atoms with Gasteiger partial charge in [0.25, 0.3) is 0 Å². The molecule has 0 aliphatic carbocycles. The molecule has 1 aromatic carbocycles. The first kappa shape index (κ1) is 10.5. The van der Waals surface area contributed by atoms with E-state index >= 15 is 0 Å². The lowest BCUT2D eigenvalue weighted by Gasteiger charge is -2.21. The molecule has 1 aromatic rings. The number of anilines is 1. The zero-order valence-corrected chi connectivity index (χ0v) is 7.37. The summed E-state index contributed by atoms with van der Waals surface area (Å²) >= 11 is 0. The van der Waals surface area contributed by atoms with Crippen molar-refractivity contribution in [2.45, 2.75) is 6.04 Å². The molecule has 0 aliphatic rings. The van der Waals surface area contributed by atoms with Gasteiger partial charge < -0.3 is 10.2 Å². The van der Waals surface area contributed by atoms with Crippen molar-refractivity contribution < 1.29 is 15.0 Å². The summed E-state index contributed by atoms with van der Waals surface area (Å²) in [4.78, 5) is 10.6. The molecular weight excluding hydrogens is 184 g/mol. The Hall–Kier alpha value is -1.59. The van der Waals surface area contributed by atoms with Crippen LogP contribution in [0.5, 0.6) is 0 Å². The van der Waals surface area contributed by atoms with Gasteiger partial charge in [-0.2, -0.15) is 0 Å². The molecular formula is C9H10N2O3. The molecule has 0 spiro atoms. The van der Waals surface area contributed by atoms with Crippen LogP contribution in [0.3, 0.4) is 0 Å². The monoisotopic (exact) mass is 194 g/mol. The van der Waals surface area contributed by atoms with Crippen LogP contribution < -0.4 is 10.9 Å². The Bertz CT molecular complexity index is 302. The predicted octanol–water partition coefficient (Wildman–Crippen LogP) is -0.0778. The van der Waals surface area contributed by atoms with Crippen molar-refractivity contribution in [1.82, 2.24) is 5.84 Å². The molecule has 0 saturated carbocycles. The number of aliphatic carboxylic acids is 1. The van der Waals surface area contributed by atoms with Gasteiger partial charge in [0, 0.05) is 0 Å². The fraction of sp³-hybridized carbons (Fsp3) is 0.222. The van der Waals surface area contributed by atoms with Crippen LogP contribution in [-0.2, 0) is 4.79 Å². The van der Waals surface area contributed by atoms with Crippen LogP contribution in [0, 0.1) is 0 Å². The summed E-state index contributed by atoms with van der Waals surface area (Å²) in [6, 6.07) is 6.82. The van der Waals surface area contributed by atoms with Crippen LogP contribution in [0.1, 0.15) is 0 Å². The summed E-state index contributed by atoms with van der Waals surface area (Å²) in [6.07, 6.45) is 0. The van der Waals surface area contributed by atoms with E-state index in [1.807, 2.05) is 0 Å². The van der Waals surface area contributed by atoms with Crippen molar-refractivity contribution in [2.24, 2.45) is 0 Å². The van der Waals surface area contributed by atoms with Gasteiger partial charge in [0.1, 0.15) is 0 Å². The second-order valence-electron chi connectivity index (χ2n) is 2.72. The first-order valence-electron chi connectivity index (χ1n) is 4.03. The zero-order valence-electron chi connectivity index (χ0n) is 7.37. The van der Waals surface area contributed by atoms with E-state index in [2.05, 4.69) is 0 Å². The summed E-state index contributed by atoms with van der Waals surface area (Å²) in [5.41, 5.74) is 0.328. The summed E-state index contributed by atoms with van der Waals surface area (Å²) in [6.45, 7) is -0.652. The largest absolute Gasteiger partial charge is 0.480 e. The number of aliphatic hydroxyl groups excluding tert-OH is 1. The summed E-state index contributed by atoms with van der Waals surface area (Å²) in [5, 5.41) is 17.9. The molecule has 2 N–H and O–H groups in total. The lowest BCUT2D eigenvalue weighted by molar-refractivity contribution is -0.139. The number of rotatable bonds is 4. The molecule has 0 fully saturated rings. The predicted molar refractivity (Wildman–Crippen MR) is 49.6 cm³/mol. The minimum Gasteiger partial charge on any atom is -0.480 e. The van der Waals surface area contributed by atoms with Gasteiger partial charge >= 0.3 is 5.97 Å². The topological polar surface area (TPSA) is 83.1 Å². The van der Waals surface area contributed by atoms with Crippen molar-refractivity contribution in [3.05, 3.63) is 30.3 Å². The molecule has 1 atom stereocenters. The van der Waals surface area contributed by atoms with Gasteiger partial charge in [-0.1, -0.05) is 18.2 Å². The summed E-state index contributed by atoms with van der Waals surface area (Å²) < 4.78 is 0. The fourth-order valence-electron chi connectivity index (χ4n) is 1.02. The number of carbonyl (C=O) groups is 1. The molecule has 74 valence electrons. The fourth-order valence-corrected chi connectivity index (χ4v) is 1.02. The van der Waals surface area contributed by atoms with E-state index in [1.54, 1.807) is 30.3 Å². The number of hydrogen-bond acceptors (Lipinski definition) is 3. The molecule has 5 nitrogen and oxygen atoms in total. The second kappa shape index (κ2) is 4.59. The average Bonchev–Trinajstić information content (AvgIpc) is 2.19. The number of carboxylic acid groups (broad SMARTS) is 1. The van der Waals surface area contributed by atoms with E-state index in [0.29, 0.717) is 10.7 Å². The maximum absolute atomic E-state index is 10.6. The Kier molecular flexibility index (Phi) is 3.44. The van der Waals surface area contributed by atoms with Crippen LogP contribution in [0.15, 0.2) is 30.3 Å². The third kappa shape index (κ3) is 2.21. The van der Waals surface area contributed by atoms with Crippen molar-refractivity contribution in [1.29, 1.82) is 0 Å². The Labute approximate surface area is 81.3 Å². The number of carboxylic acids is 1. The van der Waals surface area contributed by atoms with E-state index in [9.17, 15) is 10.6 Å². The van der Waals surface area contributed by atoms with Crippen molar-refractivity contribution >= 4 is 11.7 Å². The molecule has 0 bridgehead atoms. The average molecular weight is 194 g/mol. The minimum atomic E-state index is -1.34. The van der Waals surface area contributed by atoms with Crippen molar-refractivity contribution in [2.75, 3.05) is 11.6 Å². The highest BCUT2D eigenvalue weighted by atomic mass is 16.4. The molecule has 0 amide bonds. The minimum absolute atomic E-state index is 0.328. The Balaban J connectivity index is 2.83. The molecule has 5 heteroatoms. The van der Waals surface area contributed by atoms with E-state index in [-0.39, 0.29) is 0 Å². The van der Waals surface area contributed by atoms with Gasteiger partial charge in [0.05, 0.1) is 12.3 Å². The highest BCUT2D eigenvalue weighted by Crippen LogP contribution is 2.13. The quantitative estimate of drug-likeness (QED) is 0.657. The van der Waals surface area contributed by atoms with Gasteiger partial charge in [-0.15, -0.1) is 0 Å². The van der Waals surface area contributed by atoms with Crippen LogP contribution in [0.2, 0.25) is 0 Å². The molecule has 0 unspecified atom stereocenters. The Morgan fingerprint density at radius 2 is 2.00 bits per heavy atom. The van der Waals surface area contributed by atoms with Crippen LogP contribution in [-0.4, -0.2) is 28.8 Å². The van der Waals surface area contributed by atoms with Gasteiger partial charge in [-0.05, 0) is 18.0 Å². The van der Waals surface area contributed by atoms with Gasteiger partial charge in [-0.25, -0.2) is 4.79 Å². The normalized spacial score (nSPS) is 12.1. The van der Waals surface area contributed by atoms with E-state index in [4.69, 9.17) is 10.2 Å². The number of nitrogens with zero attached hydrogens (tertiary/aromatic N) is 2. The van der Waals surface area contributed by atoms with Crippen LogP contribution >= 0.6 is 0 Å². The third-order valence-corrected chi connectivity index (χ3v) is 1.77. The molecule has 2 radical (unpaired) electrons. The van der Waals surface area contributed by atoms with Gasteiger partial charge in [-0.3, -0.25) is 5.01 Å². The number of hydrogen-bond donors (Lipinski definition) is 2. The highest BCUT2D eigenvalue weighted by molar-refractivity contribution is 5.77. The maximum atomic E-state index is 10.6. The number of benzene rings is 1. The first-order valence-corrected chi connectivity index (χ1v) is 4.03. The zero-order chi connectivity index (χ0) is 10.6. The molecule has 0 heterocycles. The van der Waals surface area contributed by atoms with E-state index in [0.717, 1.165) is 0 Å². The van der Waals surface area contributed by atoms with E-state index < -0.39 is 18.6 Å². The molecule has 14 heavy (non-hydrogen) atoms. The second-order valence-corrected chi connectivity index (χ2v) is 2.72. The molecule has 0 aromatic heterocycles. The van der Waals surface area contributed by atoms with Crippen LogP contribution in [0.25, 0.3) is 0 Å². The van der Waals surface area contributed by atoms with Gasteiger partial charge in [0.2, 0.25) is 0 Å². The molecule has 0 saturated heterocycles. The summed E-state index contributed by atoms with van der Waals surface area (Å²) in [5.74, 6) is 8.16. The van der Waals surface area contributed by atoms with Crippen molar-refractivity contribution in [3.8, 4) is 0 Å². The third-order valence-electron chi connectivity index (χ3n) is 1.77. The number of para-hydroxylation sites is 1. The molecule has 0 aliphatic heterocycles. The summed E-state index contributed by atoms with van der Waals surface area (Å²) in [7, 11) is 0. The smallest absolute Gasteiger partial charge is 0.330 e. The van der Waals surface area contributed by atoms with Gasteiger partial charge in [0.15, 0.2) is 6.04 Å². The number of aliphatic hydroxyl groups is 1. The lowest BCUT2D eigenvalue weighted by atomic mass is 10.2. The Morgan fingerprint density at radius 1 is 1.43 bits per heavy atom. The first-order chi connectivity index (χ1) is 6.66. The SMILES string of the molecule is [N]N(c1ccccc1)[C@@H](CO)C(=O)O. The van der Waals surface area contributed by atoms with E-state index in [1.165, 1.54) is 0 Å². The van der Waals surface area contributed by atoms with Crippen LogP contribution in [0.4, 0.5) is 5.69 Å². The molecule has 1 rings (SSSR count).